The number of halogens is 3. The number of hydrogen-bond acceptors (Lipinski definition) is 31. The first kappa shape index (κ1) is 105. The van der Waals surface area contributed by atoms with E-state index in [9.17, 15) is 70.9 Å². The van der Waals surface area contributed by atoms with Gasteiger partial charge in [0.2, 0.25) is 29.7 Å². The van der Waals surface area contributed by atoms with Gasteiger partial charge in [-0.15, -0.1) is 0 Å². The second kappa shape index (κ2) is 44.6. The number of imidazole rings is 5. The van der Waals surface area contributed by atoms with E-state index in [-0.39, 0.29) is 56.2 Å². The van der Waals surface area contributed by atoms with E-state index in [1.165, 1.54) is 81.8 Å². The topological polar surface area (TPSA) is 496 Å². The van der Waals surface area contributed by atoms with Crippen LogP contribution in [0, 0.1) is 27.3 Å². The van der Waals surface area contributed by atoms with Gasteiger partial charge >= 0.3 is 28.4 Å². The van der Waals surface area contributed by atoms with Gasteiger partial charge in [0.1, 0.15) is 18.2 Å². The zero-order valence-electron chi connectivity index (χ0n) is 84.4. The summed E-state index contributed by atoms with van der Waals surface area (Å²) in [5.74, 6) is 3.06. The Bertz CT molecular complexity index is 8720. The molecule has 47 nitrogen and oxygen atoms in total. The van der Waals surface area contributed by atoms with Crippen LogP contribution in [-0.4, -0.2) is 244 Å². The van der Waals surface area contributed by atoms with Gasteiger partial charge in [-0.1, -0.05) is 102 Å². The van der Waals surface area contributed by atoms with Crippen LogP contribution in [0.5, 0.6) is 5.75 Å². The molecule has 0 amide bonds. The number of aromatic nitrogens is 20. The van der Waals surface area contributed by atoms with Crippen LogP contribution < -0.4 is 112 Å². The average molecular weight is 2110 g/mol. The predicted molar refractivity (Wildman–Crippen MR) is 569 cm³/mol. The predicted octanol–water partition coefficient (Wildman–Crippen LogP) is 1.67. The highest BCUT2D eigenvalue weighted by Crippen LogP contribution is 2.33. The summed E-state index contributed by atoms with van der Waals surface area (Å²) in [4.78, 5) is 172. The van der Waals surface area contributed by atoms with Gasteiger partial charge in [0.25, 0.3) is 33.5 Å². The van der Waals surface area contributed by atoms with Crippen molar-refractivity contribution in [1.82, 2.24) is 120 Å². The Balaban J connectivity index is 0.000000128. The molecule has 0 radical (unpaired) electrons. The standard InChI is InChI=1S/C25H28N6O3.C19H21N7O2.C19H24N6O4S.C18H20Cl2N6O2.C18H20FN7O4/c1-28-22-21(23(32)29(2)25(28)33)31(24(27-22)30-14-12-26-13-15-30)16-18-8-10-20(11-9-18)34-17-19-6-4-3-5-7-19;1-23-16-15(17(27)24(2)19(23)28)26(12-14-5-3-13(11-20)4-6-14)18(22-16)25-9-7-21-8-10-25;1-22-16-15(17(26)23(2)19(22)27)25(18(21-16)24-10-8-20-9-11-24)12-13-4-6-14(7-5-13)30(3,28)29;1-23-15-14(16(27)24(2)18(23)28)26(10-11-3-4-12(19)9-13(11)20)17(22-15)25-7-5-21-6-8-25;1-22-15-14(16(27)23(2)18(22)28)25(17(21-15)24-8-6-20-7-9-24)10-11-12(19)4-3-5-13(11)26(29)30/h3-11,26H,12-17H2,1-2H3;3-6,21H,7-10,12H2,1-2H3;4-7,20H,8-12H2,1-3H3;3-4,9,21H,5-8,10H2,1-2H3;3-5,20H,6-10H2,1-2H3. The first-order valence-corrected chi connectivity index (χ1v) is 51.0. The van der Waals surface area contributed by atoms with Crippen LogP contribution in [0.4, 0.5) is 39.8 Å². The number of nitrogens with one attached hydrogen (secondary N) is 5. The molecule has 0 aliphatic carbocycles. The van der Waals surface area contributed by atoms with Crippen molar-refractivity contribution in [3.63, 3.8) is 0 Å². The highest BCUT2D eigenvalue weighted by Gasteiger charge is 2.33. The molecule has 0 unspecified atom stereocenters. The number of hydrogen-bond donors (Lipinski definition) is 5. The van der Waals surface area contributed by atoms with Gasteiger partial charge in [0.15, 0.2) is 65.7 Å². The van der Waals surface area contributed by atoms with Crippen LogP contribution in [0.3, 0.4) is 0 Å². The molecular formula is C99H113Cl2FN32O15S. The van der Waals surface area contributed by atoms with E-state index in [0.29, 0.717) is 149 Å². The van der Waals surface area contributed by atoms with Gasteiger partial charge in [-0.25, -0.2) is 36.8 Å². The summed E-state index contributed by atoms with van der Waals surface area (Å²) in [7, 11) is 12.0. The van der Waals surface area contributed by atoms with Crippen molar-refractivity contribution in [2.45, 2.75) is 44.2 Å². The van der Waals surface area contributed by atoms with Crippen LogP contribution in [-0.2, 0) is 120 Å². The number of fused-ring (bicyclic) bond motifs is 5. The zero-order valence-corrected chi connectivity index (χ0v) is 86.7. The third-order valence-corrected chi connectivity index (χ3v) is 28.9. The SMILES string of the molecule is Cn1c(=O)c2c(nc(N3CCNCC3)n2Cc2c(F)cccc2[N+](=O)[O-])n(C)c1=O.Cn1c(=O)c2c(nc(N3CCNCC3)n2Cc2ccc(C#N)cc2)n(C)c1=O.Cn1c(=O)c2c(nc(N3CCNCC3)n2Cc2ccc(Cl)cc2Cl)n(C)c1=O.Cn1c(=O)c2c(nc(N3CCNCC3)n2Cc2ccc(OCc3ccccc3)cc2)n(C)c1=O.Cn1c(=O)c2c(nc(N3CCNCC3)n2Cc2ccc(S(C)(=O)=O)cc2)n(C)c1=O. The molecule has 0 saturated carbocycles. The lowest BCUT2D eigenvalue weighted by molar-refractivity contribution is -0.385. The quantitative estimate of drug-likeness (QED) is 0.0535. The summed E-state index contributed by atoms with van der Waals surface area (Å²) in [6.07, 6.45) is 1.16. The highest BCUT2D eigenvalue weighted by molar-refractivity contribution is 7.90. The van der Waals surface area contributed by atoms with Crippen molar-refractivity contribution in [2.24, 2.45) is 70.5 Å². The molecule has 51 heteroatoms. The minimum Gasteiger partial charge on any atom is -0.489 e. The Morgan fingerprint density at radius 1 is 0.380 bits per heavy atom. The summed E-state index contributed by atoms with van der Waals surface area (Å²) >= 11 is 12.4. The number of nitro benzene ring substituents is 1. The van der Waals surface area contributed by atoms with Crippen molar-refractivity contribution >= 4 is 124 Å². The third-order valence-electron chi connectivity index (χ3n) is 27.2. The molecule has 0 spiro atoms. The van der Waals surface area contributed by atoms with Gasteiger partial charge in [-0.2, -0.15) is 30.2 Å². The van der Waals surface area contributed by atoms with Crippen LogP contribution in [0.25, 0.3) is 55.8 Å². The highest BCUT2D eigenvalue weighted by atomic mass is 35.5. The fourth-order valence-corrected chi connectivity index (χ4v) is 19.9. The number of sulfone groups is 1. The summed E-state index contributed by atoms with van der Waals surface area (Å²) in [5.41, 5.74) is 3.82. The molecular weight excluding hydrogens is 2000 g/mol. The number of rotatable bonds is 20. The number of benzene rings is 6. The number of nitriles is 1. The lowest BCUT2D eigenvalue weighted by Gasteiger charge is -2.28. The molecule has 6 aromatic carbocycles. The Hall–Kier alpha value is -16.0. The monoisotopic (exact) mass is 2110 g/mol. The third kappa shape index (κ3) is 21.3. The second-order valence-corrected chi connectivity index (χ2v) is 39.8. The van der Waals surface area contributed by atoms with Gasteiger partial charge in [-0.3, -0.25) is 103 Å². The summed E-state index contributed by atoms with van der Waals surface area (Å²) in [6, 6.07) is 42.8. The summed E-state index contributed by atoms with van der Waals surface area (Å²) in [6.45, 7) is 17.0. The number of nitrogens with zero attached hydrogens (tertiary/aromatic N) is 27. The van der Waals surface area contributed by atoms with E-state index in [1.807, 2.05) is 96.0 Å². The average Bonchev–Trinajstić information content (AvgIpc) is 1.60. The van der Waals surface area contributed by atoms with Crippen LogP contribution in [0.1, 0.15) is 38.9 Å². The molecule has 16 aromatic rings. The van der Waals surface area contributed by atoms with Crippen LogP contribution >= 0.6 is 23.2 Å². The molecule has 15 heterocycles. The lowest BCUT2D eigenvalue weighted by Crippen LogP contribution is -2.44. The van der Waals surface area contributed by atoms with Crippen molar-refractivity contribution in [2.75, 3.05) is 162 Å². The molecule has 5 saturated heterocycles. The number of aryl methyl sites for hydroxylation is 5. The lowest BCUT2D eigenvalue weighted by atomic mass is 10.1. The first-order valence-electron chi connectivity index (χ1n) is 48.4. The molecule has 21 rings (SSSR count). The number of ether oxygens (including phenoxy) is 1. The molecule has 5 fully saturated rings. The first-order chi connectivity index (χ1) is 71.9. The number of piperazine rings is 5. The summed E-state index contributed by atoms with van der Waals surface area (Å²) in [5, 5.41) is 38.0. The van der Waals surface area contributed by atoms with E-state index >= 15 is 0 Å². The molecule has 5 aliphatic heterocycles. The Kier molecular flexibility index (Phi) is 31.3. The van der Waals surface area contributed by atoms with Crippen molar-refractivity contribution in [3.8, 4) is 11.8 Å². The Morgan fingerprint density at radius 2 is 0.680 bits per heavy atom. The Labute approximate surface area is 863 Å². The van der Waals surface area contributed by atoms with E-state index in [0.717, 1.165) is 173 Å². The van der Waals surface area contributed by atoms with Crippen molar-refractivity contribution in [3.05, 3.63) is 309 Å². The van der Waals surface area contributed by atoms with Crippen molar-refractivity contribution in [1.29, 1.82) is 5.26 Å². The maximum absolute atomic E-state index is 14.6. The van der Waals surface area contributed by atoms with E-state index in [2.05, 4.69) is 72.2 Å². The molecule has 5 N–H and O–H groups in total. The molecule has 150 heavy (non-hydrogen) atoms. The van der Waals surface area contributed by atoms with Gasteiger partial charge < -0.3 is 55.8 Å². The molecule has 5 aliphatic rings. The summed E-state index contributed by atoms with van der Waals surface area (Å²) < 4.78 is 65.2. The van der Waals surface area contributed by atoms with Gasteiger partial charge in [0.05, 0.1) is 59.7 Å². The molecule has 0 atom stereocenters. The largest absolute Gasteiger partial charge is 0.489 e. The fraction of sp³-hybridized carbons (Fsp3) is 0.374. The maximum atomic E-state index is 14.6. The van der Waals surface area contributed by atoms with Crippen LogP contribution in [0.2, 0.25) is 10.0 Å². The van der Waals surface area contributed by atoms with Gasteiger partial charge in [-0.05, 0) is 82.4 Å². The smallest absolute Gasteiger partial charge is 0.332 e. The van der Waals surface area contributed by atoms with E-state index < -0.39 is 54.5 Å². The molecule has 0 bridgehead atoms. The second-order valence-electron chi connectivity index (χ2n) is 36.9. The Morgan fingerprint density at radius 3 is 0.980 bits per heavy atom. The molecule has 10 aromatic heterocycles. The maximum Gasteiger partial charge on any atom is 0.332 e. The fourth-order valence-electron chi connectivity index (χ4n) is 18.8. The minimum atomic E-state index is -3.29. The minimum absolute atomic E-state index is 0.0886. The van der Waals surface area contributed by atoms with Crippen LogP contribution in [0.15, 0.2) is 192 Å². The van der Waals surface area contributed by atoms with Gasteiger partial charge in [0, 0.05) is 224 Å². The number of nitro groups is 1. The molecule has 786 valence electrons. The van der Waals surface area contributed by atoms with E-state index in [1.54, 1.807) is 76.7 Å². The van der Waals surface area contributed by atoms with E-state index in [4.69, 9.17) is 38.2 Å². The zero-order chi connectivity index (χ0) is 107. The number of anilines is 5. The van der Waals surface area contributed by atoms with Crippen molar-refractivity contribution < 1.29 is 22.5 Å². The normalized spacial score (nSPS) is 14.5.